The lowest BCUT2D eigenvalue weighted by molar-refractivity contribution is 0.288. The van der Waals surface area contributed by atoms with Crippen LogP contribution in [0.4, 0.5) is 5.13 Å². The van der Waals surface area contributed by atoms with Gasteiger partial charge in [-0.25, -0.2) is 0 Å². The van der Waals surface area contributed by atoms with Crippen molar-refractivity contribution in [3.63, 3.8) is 0 Å². The zero-order valence-corrected chi connectivity index (χ0v) is 11.0. The number of hydrogen-bond donors (Lipinski definition) is 0. The van der Waals surface area contributed by atoms with Gasteiger partial charge in [-0.1, -0.05) is 21.7 Å². The molecule has 6 heteroatoms. The highest BCUT2D eigenvalue weighted by Gasteiger charge is 2.12. The molecule has 18 heavy (non-hydrogen) atoms. The third kappa shape index (κ3) is 2.28. The Balaban J connectivity index is 1.77. The highest BCUT2D eigenvalue weighted by atomic mass is 32.1. The van der Waals surface area contributed by atoms with Crippen LogP contribution in [0.25, 0.3) is 0 Å². The van der Waals surface area contributed by atoms with Crippen LogP contribution < -0.4 is 9.64 Å². The quantitative estimate of drug-likeness (QED) is 0.845. The standard InChI is InChI=1S/C12H14N4OS/c1-16(12-13-14-15-18-12)8-9-4-5-11-10(7-9)3-2-6-17-11/h4-5,7H,2-3,6,8H2,1H3. The summed E-state index contributed by atoms with van der Waals surface area (Å²) in [5.41, 5.74) is 2.57. The van der Waals surface area contributed by atoms with Crippen LogP contribution in [-0.4, -0.2) is 28.5 Å². The Labute approximate surface area is 110 Å². The van der Waals surface area contributed by atoms with Crippen molar-refractivity contribution in [2.75, 3.05) is 18.6 Å². The Morgan fingerprint density at radius 3 is 3.22 bits per heavy atom. The van der Waals surface area contributed by atoms with Gasteiger partial charge in [0.1, 0.15) is 5.75 Å². The first kappa shape index (κ1) is 11.4. The number of aromatic nitrogens is 3. The van der Waals surface area contributed by atoms with Crippen LogP contribution in [0.3, 0.4) is 0 Å². The SMILES string of the molecule is CN(Cc1ccc2c(c1)CCCO2)c1nnns1. The van der Waals surface area contributed by atoms with E-state index in [9.17, 15) is 0 Å². The fourth-order valence-electron chi connectivity index (χ4n) is 2.13. The van der Waals surface area contributed by atoms with E-state index in [1.54, 1.807) is 0 Å². The summed E-state index contributed by atoms with van der Waals surface area (Å²) in [5.74, 6) is 1.03. The Hall–Kier alpha value is -1.69. The molecule has 0 amide bonds. The van der Waals surface area contributed by atoms with Crippen LogP contribution in [0.5, 0.6) is 5.75 Å². The van der Waals surface area contributed by atoms with Crippen molar-refractivity contribution < 1.29 is 4.74 Å². The van der Waals surface area contributed by atoms with Gasteiger partial charge in [-0.2, -0.15) is 0 Å². The molecule has 94 valence electrons. The van der Waals surface area contributed by atoms with Crippen LogP contribution in [0.15, 0.2) is 18.2 Å². The number of anilines is 1. The molecule has 0 unspecified atom stereocenters. The molecule has 0 radical (unpaired) electrons. The summed E-state index contributed by atoms with van der Waals surface area (Å²) in [6, 6.07) is 6.39. The third-order valence-electron chi connectivity index (χ3n) is 3.01. The van der Waals surface area contributed by atoms with E-state index in [2.05, 4.69) is 37.9 Å². The maximum Gasteiger partial charge on any atom is 0.227 e. The smallest absolute Gasteiger partial charge is 0.227 e. The predicted octanol–water partition coefficient (Wildman–Crippen LogP) is 1.89. The molecular formula is C12H14N4OS. The molecule has 0 bridgehead atoms. The zero-order valence-electron chi connectivity index (χ0n) is 10.2. The van der Waals surface area contributed by atoms with E-state index >= 15 is 0 Å². The summed E-state index contributed by atoms with van der Waals surface area (Å²) in [5, 5.41) is 8.41. The molecule has 0 saturated heterocycles. The van der Waals surface area contributed by atoms with Gasteiger partial charge < -0.3 is 9.64 Å². The van der Waals surface area contributed by atoms with Gasteiger partial charge in [0.15, 0.2) is 0 Å². The number of hydrogen-bond acceptors (Lipinski definition) is 6. The lowest BCUT2D eigenvalue weighted by Gasteiger charge is -2.19. The lowest BCUT2D eigenvalue weighted by atomic mass is 10.0. The molecule has 0 fully saturated rings. The van der Waals surface area contributed by atoms with E-state index in [0.29, 0.717) is 0 Å². The molecule has 0 aliphatic carbocycles. The van der Waals surface area contributed by atoms with Crippen molar-refractivity contribution >= 4 is 16.7 Å². The average molecular weight is 262 g/mol. The van der Waals surface area contributed by atoms with Gasteiger partial charge >= 0.3 is 0 Å². The summed E-state index contributed by atoms with van der Waals surface area (Å²) >= 11 is 1.31. The number of benzene rings is 1. The van der Waals surface area contributed by atoms with E-state index in [4.69, 9.17) is 4.74 Å². The van der Waals surface area contributed by atoms with Crippen molar-refractivity contribution in [1.82, 2.24) is 14.8 Å². The van der Waals surface area contributed by atoms with Gasteiger partial charge in [-0.3, -0.25) is 0 Å². The molecule has 1 aromatic heterocycles. The van der Waals surface area contributed by atoms with E-state index in [1.165, 1.54) is 22.7 Å². The van der Waals surface area contributed by atoms with Crippen LogP contribution >= 0.6 is 11.5 Å². The summed E-state index contributed by atoms with van der Waals surface area (Å²) in [7, 11) is 2.00. The molecule has 1 aromatic carbocycles. The topological polar surface area (TPSA) is 51.1 Å². The lowest BCUT2D eigenvalue weighted by Crippen LogP contribution is -2.17. The molecule has 2 heterocycles. The molecule has 0 atom stereocenters. The van der Waals surface area contributed by atoms with Gasteiger partial charge in [0.25, 0.3) is 0 Å². The zero-order chi connectivity index (χ0) is 12.4. The number of ether oxygens (including phenoxy) is 1. The van der Waals surface area contributed by atoms with Crippen molar-refractivity contribution in [3.05, 3.63) is 29.3 Å². The molecule has 3 rings (SSSR count). The second-order valence-electron chi connectivity index (χ2n) is 4.40. The van der Waals surface area contributed by atoms with Crippen molar-refractivity contribution in [2.24, 2.45) is 0 Å². The molecule has 2 aromatic rings. The highest BCUT2D eigenvalue weighted by molar-refractivity contribution is 7.09. The highest BCUT2D eigenvalue weighted by Crippen LogP contribution is 2.26. The van der Waals surface area contributed by atoms with Gasteiger partial charge in [0.2, 0.25) is 5.13 Å². The van der Waals surface area contributed by atoms with E-state index in [0.717, 1.165) is 36.9 Å². The molecule has 0 saturated carbocycles. The largest absolute Gasteiger partial charge is 0.493 e. The number of aryl methyl sites for hydroxylation is 1. The maximum absolute atomic E-state index is 5.61. The fourth-order valence-corrected chi connectivity index (χ4v) is 2.55. The number of nitrogens with zero attached hydrogens (tertiary/aromatic N) is 4. The monoisotopic (exact) mass is 262 g/mol. The molecule has 0 spiro atoms. The van der Waals surface area contributed by atoms with Gasteiger partial charge in [0.05, 0.1) is 6.61 Å². The van der Waals surface area contributed by atoms with E-state index < -0.39 is 0 Å². The van der Waals surface area contributed by atoms with Crippen molar-refractivity contribution in [2.45, 2.75) is 19.4 Å². The first-order chi connectivity index (χ1) is 8.83. The van der Waals surface area contributed by atoms with Crippen LogP contribution in [0, 0.1) is 0 Å². The van der Waals surface area contributed by atoms with Gasteiger partial charge in [0, 0.05) is 25.1 Å². The minimum Gasteiger partial charge on any atom is -0.493 e. The van der Waals surface area contributed by atoms with Crippen LogP contribution in [0.1, 0.15) is 17.5 Å². The van der Waals surface area contributed by atoms with Crippen molar-refractivity contribution in [3.8, 4) is 5.75 Å². The Morgan fingerprint density at radius 1 is 1.44 bits per heavy atom. The van der Waals surface area contributed by atoms with Crippen LogP contribution in [0.2, 0.25) is 0 Å². The molecule has 0 N–H and O–H groups in total. The van der Waals surface area contributed by atoms with Gasteiger partial charge in [-0.05, 0) is 35.2 Å². The third-order valence-corrected chi connectivity index (χ3v) is 3.72. The van der Waals surface area contributed by atoms with E-state index in [1.807, 2.05) is 7.05 Å². The predicted molar refractivity (Wildman–Crippen MR) is 70.1 cm³/mol. The fraction of sp³-hybridized carbons (Fsp3) is 0.417. The van der Waals surface area contributed by atoms with E-state index in [-0.39, 0.29) is 0 Å². The second kappa shape index (κ2) is 4.89. The van der Waals surface area contributed by atoms with Gasteiger partial charge in [-0.15, -0.1) is 0 Å². The Bertz CT molecular complexity index is 529. The first-order valence-electron chi connectivity index (χ1n) is 5.94. The number of fused-ring (bicyclic) bond motifs is 1. The second-order valence-corrected chi connectivity index (χ2v) is 5.11. The summed E-state index contributed by atoms with van der Waals surface area (Å²) in [6.45, 7) is 1.65. The molecular weight excluding hydrogens is 248 g/mol. The molecule has 1 aliphatic heterocycles. The van der Waals surface area contributed by atoms with Crippen molar-refractivity contribution in [1.29, 1.82) is 0 Å². The van der Waals surface area contributed by atoms with Crippen LogP contribution in [-0.2, 0) is 13.0 Å². The maximum atomic E-state index is 5.61. The average Bonchev–Trinajstić information content (AvgIpc) is 2.92. The summed E-state index contributed by atoms with van der Waals surface area (Å²) in [6.07, 6.45) is 2.21. The first-order valence-corrected chi connectivity index (χ1v) is 6.71. The normalized spacial score (nSPS) is 13.8. The minimum atomic E-state index is 0.810. The Morgan fingerprint density at radius 2 is 2.39 bits per heavy atom. The minimum absolute atomic E-state index is 0.810. The molecule has 1 aliphatic rings. The summed E-state index contributed by atoms with van der Waals surface area (Å²) in [4.78, 5) is 2.05. The molecule has 5 nitrogen and oxygen atoms in total. The number of rotatable bonds is 3. The summed E-state index contributed by atoms with van der Waals surface area (Å²) < 4.78 is 9.39. The Kier molecular flexibility index (Phi) is 3.10.